The fourth-order valence-electron chi connectivity index (χ4n) is 4.64. The van der Waals surface area contributed by atoms with Gasteiger partial charge in [0, 0.05) is 26.1 Å². The molecule has 1 aromatic carbocycles. The first kappa shape index (κ1) is 16.3. The van der Waals surface area contributed by atoms with Crippen molar-refractivity contribution in [3.05, 3.63) is 35.4 Å². The molecule has 0 radical (unpaired) electrons. The standard InChI is InChI=1S/C20H24N2O3/c23-18(21-11-9-14-5-1-2-6-15(14)13-21)10-12-22-19(24)16-7-3-4-8-17(16)20(22)25/h3-4,7-8,14-15H,1-2,5-6,9-13H2/t14-,15-/m0/s1. The van der Waals surface area contributed by atoms with Gasteiger partial charge >= 0.3 is 0 Å². The largest absolute Gasteiger partial charge is 0.342 e. The van der Waals surface area contributed by atoms with Crippen LogP contribution < -0.4 is 0 Å². The summed E-state index contributed by atoms with van der Waals surface area (Å²) in [4.78, 5) is 40.5. The van der Waals surface area contributed by atoms with Crippen LogP contribution in [-0.2, 0) is 4.79 Å². The minimum Gasteiger partial charge on any atom is -0.342 e. The predicted molar refractivity (Wildman–Crippen MR) is 93.1 cm³/mol. The molecule has 0 spiro atoms. The molecule has 1 saturated carbocycles. The van der Waals surface area contributed by atoms with E-state index in [2.05, 4.69) is 0 Å². The van der Waals surface area contributed by atoms with Crippen LogP contribution >= 0.6 is 0 Å². The van der Waals surface area contributed by atoms with E-state index in [0.717, 1.165) is 25.4 Å². The van der Waals surface area contributed by atoms with Crippen LogP contribution in [0.4, 0.5) is 0 Å². The Hall–Kier alpha value is -2.17. The maximum atomic E-state index is 12.6. The third-order valence-electron chi connectivity index (χ3n) is 6.07. The molecule has 2 fully saturated rings. The van der Waals surface area contributed by atoms with Gasteiger partial charge in [-0.05, 0) is 36.8 Å². The van der Waals surface area contributed by atoms with Crippen molar-refractivity contribution < 1.29 is 14.4 Å². The molecule has 0 N–H and O–H groups in total. The highest BCUT2D eigenvalue weighted by molar-refractivity contribution is 6.21. The minimum atomic E-state index is -0.278. The minimum absolute atomic E-state index is 0.0700. The lowest BCUT2D eigenvalue weighted by molar-refractivity contribution is -0.134. The van der Waals surface area contributed by atoms with Gasteiger partial charge in [-0.3, -0.25) is 19.3 Å². The number of imide groups is 1. The molecule has 4 rings (SSSR count). The number of nitrogens with zero attached hydrogens (tertiary/aromatic N) is 2. The number of hydrogen-bond acceptors (Lipinski definition) is 3. The molecule has 5 heteroatoms. The fraction of sp³-hybridized carbons (Fsp3) is 0.550. The average Bonchev–Trinajstić information content (AvgIpc) is 2.90. The quantitative estimate of drug-likeness (QED) is 0.795. The van der Waals surface area contributed by atoms with Crippen molar-refractivity contribution in [2.75, 3.05) is 19.6 Å². The van der Waals surface area contributed by atoms with E-state index in [0.29, 0.717) is 17.0 Å². The number of carbonyl (C=O) groups excluding carboxylic acids is 3. The van der Waals surface area contributed by atoms with Gasteiger partial charge in [0.2, 0.25) is 5.91 Å². The second-order valence-electron chi connectivity index (χ2n) is 7.49. The third kappa shape index (κ3) is 2.96. The lowest BCUT2D eigenvalue weighted by atomic mass is 9.75. The number of carbonyl (C=O) groups is 3. The normalized spacial score (nSPS) is 25.8. The number of benzene rings is 1. The van der Waals surface area contributed by atoms with Crippen molar-refractivity contribution in [1.82, 2.24) is 9.80 Å². The maximum absolute atomic E-state index is 12.6. The molecule has 2 heterocycles. The molecule has 3 aliphatic rings. The van der Waals surface area contributed by atoms with Crippen LogP contribution in [0.5, 0.6) is 0 Å². The SMILES string of the molecule is O=C(CCN1C(=O)c2ccccc2C1=O)N1CC[C@@H]2CCCC[C@H]2C1. The van der Waals surface area contributed by atoms with Crippen LogP contribution in [0.1, 0.15) is 59.2 Å². The summed E-state index contributed by atoms with van der Waals surface area (Å²) in [5.74, 6) is 0.944. The first-order valence-electron chi connectivity index (χ1n) is 9.38. The fourth-order valence-corrected chi connectivity index (χ4v) is 4.64. The van der Waals surface area contributed by atoms with Gasteiger partial charge < -0.3 is 4.90 Å². The van der Waals surface area contributed by atoms with Gasteiger partial charge in [0.05, 0.1) is 11.1 Å². The molecule has 3 amide bonds. The molecular formula is C20H24N2O3. The summed E-state index contributed by atoms with van der Waals surface area (Å²) < 4.78 is 0. The monoisotopic (exact) mass is 340 g/mol. The van der Waals surface area contributed by atoms with Gasteiger partial charge in [-0.1, -0.05) is 31.4 Å². The molecule has 0 unspecified atom stereocenters. The van der Waals surface area contributed by atoms with Gasteiger partial charge in [0.15, 0.2) is 0 Å². The summed E-state index contributed by atoms with van der Waals surface area (Å²) in [6.07, 6.45) is 6.47. The molecule has 1 saturated heterocycles. The molecule has 25 heavy (non-hydrogen) atoms. The van der Waals surface area contributed by atoms with Crippen LogP contribution in [0, 0.1) is 11.8 Å². The number of amides is 3. The van der Waals surface area contributed by atoms with Crippen molar-refractivity contribution in [2.24, 2.45) is 11.8 Å². The molecule has 5 nitrogen and oxygen atoms in total. The highest BCUT2D eigenvalue weighted by atomic mass is 16.2. The van der Waals surface area contributed by atoms with Crippen LogP contribution in [0.15, 0.2) is 24.3 Å². The van der Waals surface area contributed by atoms with Gasteiger partial charge in [-0.2, -0.15) is 0 Å². The Morgan fingerprint density at radius 3 is 2.28 bits per heavy atom. The lowest BCUT2D eigenvalue weighted by Crippen LogP contribution is -2.45. The number of hydrogen-bond donors (Lipinski definition) is 0. The summed E-state index contributed by atoms with van der Waals surface area (Å²) in [5.41, 5.74) is 0.894. The number of piperidine rings is 1. The summed E-state index contributed by atoms with van der Waals surface area (Å²) >= 11 is 0. The zero-order chi connectivity index (χ0) is 17.4. The summed E-state index contributed by atoms with van der Waals surface area (Å²) in [7, 11) is 0. The Morgan fingerprint density at radius 1 is 0.960 bits per heavy atom. The summed E-state index contributed by atoms with van der Waals surface area (Å²) in [6, 6.07) is 6.86. The first-order valence-corrected chi connectivity index (χ1v) is 9.38. The zero-order valence-electron chi connectivity index (χ0n) is 14.4. The molecule has 2 atom stereocenters. The molecule has 0 aromatic heterocycles. The van der Waals surface area contributed by atoms with Gasteiger partial charge in [0.25, 0.3) is 11.8 Å². The van der Waals surface area contributed by atoms with Crippen molar-refractivity contribution in [1.29, 1.82) is 0 Å². The Labute approximate surface area is 148 Å². The first-order chi connectivity index (χ1) is 12.1. The Balaban J connectivity index is 1.35. The second kappa shape index (κ2) is 6.62. The highest BCUT2D eigenvalue weighted by Crippen LogP contribution is 2.36. The van der Waals surface area contributed by atoms with Crippen molar-refractivity contribution in [3.8, 4) is 0 Å². The summed E-state index contributed by atoms with van der Waals surface area (Å²) in [6.45, 7) is 1.85. The highest BCUT2D eigenvalue weighted by Gasteiger charge is 2.36. The van der Waals surface area contributed by atoms with Gasteiger partial charge in [-0.25, -0.2) is 0 Å². The lowest BCUT2D eigenvalue weighted by Gasteiger charge is -2.41. The number of likely N-dealkylation sites (tertiary alicyclic amines) is 1. The van der Waals surface area contributed by atoms with Crippen LogP contribution in [0.25, 0.3) is 0 Å². The van der Waals surface area contributed by atoms with Crippen molar-refractivity contribution >= 4 is 17.7 Å². The Morgan fingerprint density at radius 2 is 1.60 bits per heavy atom. The summed E-state index contributed by atoms with van der Waals surface area (Å²) in [5, 5.41) is 0. The van der Waals surface area contributed by atoms with Gasteiger partial charge in [-0.15, -0.1) is 0 Å². The van der Waals surface area contributed by atoms with E-state index in [9.17, 15) is 14.4 Å². The number of rotatable bonds is 3. The van der Waals surface area contributed by atoms with E-state index in [1.165, 1.54) is 30.6 Å². The van der Waals surface area contributed by atoms with E-state index in [1.807, 2.05) is 4.90 Å². The Bertz CT molecular complexity index is 680. The Kier molecular flexibility index (Phi) is 4.32. The number of fused-ring (bicyclic) bond motifs is 2. The van der Waals surface area contributed by atoms with Crippen LogP contribution in [-0.4, -0.2) is 47.2 Å². The predicted octanol–water partition coefficient (Wildman–Crippen LogP) is 2.71. The molecule has 2 aliphatic heterocycles. The molecule has 0 bridgehead atoms. The zero-order valence-corrected chi connectivity index (χ0v) is 14.4. The van der Waals surface area contributed by atoms with Crippen molar-refractivity contribution in [3.63, 3.8) is 0 Å². The molecule has 132 valence electrons. The van der Waals surface area contributed by atoms with E-state index < -0.39 is 0 Å². The molecular weight excluding hydrogens is 316 g/mol. The van der Waals surface area contributed by atoms with Crippen molar-refractivity contribution in [2.45, 2.75) is 38.5 Å². The van der Waals surface area contributed by atoms with E-state index >= 15 is 0 Å². The molecule has 1 aliphatic carbocycles. The second-order valence-corrected chi connectivity index (χ2v) is 7.49. The topological polar surface area (TPSA) is 57.7 Å². The van der Waals surface area contributed by atoms with E-state index in [4.69, 9.17) is 0 Å². The van der Waals surface area contributed by atoms with E-state index in [1.54, 1.807) is 24.3 Å². The van der Waals surface area contributed by atoms with E-state index in [-0.39, 0.29) is 30.7 Å². The molecule has 1 aromatic rings. The smallest absolute Gasteiger partial charge is 0.261 e. The maximum Gasteiger partial charge on any atom is 0.261 e. The van der Waals surface area contributed by atoms with Crippen LogP contribution in [0.3, 0.4) is 0 Å². The van der Waals surface area contributed by atoms with Gasteiger partial charge in [0.1, 0.15) is 0 Å². The van der Waals surface area contributed by atoms with Crippen LogP contribution in [0.2, 0.25) is 0 Å². The third-order valence-corrected chi connectivity index (χ3v) is 6.07. The average molecular weight is 340 g/mol.